The molecule has 0 bridgehead atoms. The highest BCUT2D eigenvalue weighted by Crippen LogP contribution is 2.27. The third kappa shape index (κ3) is 4.81. The third-order valence-electron chi connectivity index (χ3n) is 6.06. The number of fused-ring (bicyclic) bond motifs is 2. The van der Waals surface area contributed by atoms with Gasteiger partial charge in [-0.05, 0) is 25.0 Å². The predicted octanol–water partition coefficient (Wildman–Crippen LogP) is 0.665. The Morgan fingerprint density at radius 3 is 2.88 bits per heavy atom. The summed E-state index contributed by atoms with van der Waals surface area (Å²) in [5.41, 5.74) is 0.995. The van der Waals surface area contributed by atoms with Crippen LogP contribution in [-0.4, -0.2) is 70.0 Å². The summed E-state index contributed by atoms with van der Waals surface area (Å²) in [6.07, 6.45) is 0.249. The maximum absolute atomic E-state index is 12.5. The fourth-order valence-corrected chi connectivity index (χ4v) is 4.20. The first-order valence-corrected chi connectivity index (χ1v) is 11.3. The van der Waals surface area contributed by atoms with Gasteiger partial charge in [0.1, 0.15) is 18.9 Å². The maximum atomic E-state index is 12.5. The van der Waals surface area contributed by atoms with E-state index in [1.165, 1.54) is 17.7 Å². The molecule has 0 amide bonds. The Morgan fingerprint density at radius 2 is 2.06 bits per heavy atom. The SMILES string of the molecule is COc1ccc2ccc(=O)n(CC(O)[C@@H]3CC[C@@H](NCc4cc5c(nn4)OCCO5)CO3)c2n1. The number of nitrogens with zero attached hydrogens (tertiary/aromatic N) is 4. The topological polar surface area (TPSA) is 130 Å². The summed E-state index contributed by atoms with van der Waals surface area (Å²) in [6, 6.07) is 8.71. The average molecular weight is 469 g/mol. The minimum absolute atomic E-state index is 0.0892. The highest BCUT2D eigenvalue weighted by Gasteiger charge is 2.28. The Morgan fingerprint density at radius 1 is 1.21 bits per heavy atom. The first-order valence-electron chi connectivity index (χ1n) is 11.3. The van der Waals surface area contributed by atoms with Gasteiger partial charge in [0.25, 0.3) is 11.4 Å². The van der Waals surface area contributed by atoms with Crippen molar-refractivity contribution in [3.63, 3.8) is 0 Å². The molecular formula is C23H27N5O6. The highest BCUT2D eigenvalue weighted by atomic mass is 16.6. The molecule has 0 radical (unpaired) electrons. The number of ether oxygens (including phenoxy) is 4. The number of methoxy groups -OCH3 is 1. The Bertz CT molecular complexity index is 1210. The van der Waals surface area contributed by atoms with E-state index in [0.717, 1.165) is 17.5 Å². The summed E-state index contributed by atoms with van der Waals surface area (Å²) < 4.78 is 23.6. The fraction of sp³-hybridized carbons (Fsp3) is 0.478. The molecule has 0 aromatic carbocycles. The van der Waals surface area contributed by atoms with Crippen LogP contribution < -0.4 is 25.1 Å². The third-order valence-corrected chi connectivity index (χ3v) is 6.06. The molecule has 2 aliphatic rings. The van der Waals surface area contributed by atoms with E-state index in [4.69, 9.17) is 18.9 Å². The van der Waals surface area contributed by atoms with Gasteiger partial charge in [-0.3, -0.25) is 9.36 Å². The van der Waals surface area contributed by atoms with E-state index in [1.807, 2.05) is 12.1 Å². The first kappa shape index (κ1) is 22.5. The van der Waals surface area contributed by atoms with Crippen LogP contribution in [0.1, 0.15) is 18.5 Å². The van der Waals surface area contributed by atoms with Gasteiger partial charge in [-0.2, -0.15) is 10.1 Å². The van der Waals surface area contributed by atoms with Crippen LogP contribution in [-0.2, 0) is 17.8 Å². The molecule has 1 saturated heterocycles. The summed E-state index contributed by atoms with van der Waals surface area (Å²) in [5, 5.41) is 23.3. The largest absolute Gasteiger partial charge is 0.484 e. The molecular weight excluding hydrogens is 442 g/mol. The van der Waals surface area contributed by atoms with Crippen LogP contribution in [0.4, 0.5) is 0 Å². The molecule has 3 atom stereocenters. The second-order valence-corrected chi connectivity index (χ2v) is 8.34. The van der Waals surface area contributed by atoms with Gasteiger partial charge in [-0.1, -0.05) is 0 Å². The van der Waals surface area contributed by atoms with Gasteiger partial charge in [-0.15, -0.1) is 5.10 Å². The zero-order valence-electron chi connectivity index (χ0n) is 18.8. The van der Waals surface area contributed by atoms with Crippen LogP contribution in [0, 0.1) is 0 Å². The lowest BCUT2D eigenvalue weighted by Gasteiger charge is -2.32. The number of pyridine rings is 2. The van der Waals surface area contributed by atoms with Crippen molar-refractivity contribution in [3.05, 3.63) is 46.4 Å². The Labute approximate surface area is 195 Å². The van der Waals surface area contributed by atoms with E-state index in [-0.39, 0.29) is 24.2 Å². The fourth-order valence-electron chi connectivity index (χ4n) is 4.20. The molecule has 1 unspecified atom stereocenters. The minimum atomic E-state index is -0.846. The highest BCUT2D eigenvalue weighted by molar-refractivity contribution is 5.75. The van der Waals surface area contributed by atoms with Gasteiger partial charge >= 0.3 is 0 Å². The van der Waals surface area contributed by atoms with Crippen LogP contribution in [0.15, 0.2) is 35.1 Å². The number of aliphatic hydroxyl groups is 1. The predicted molar refractivity (Wildman–Crippen MR) is 121 cm³/mol. The van der Waals surface area contributed by atoms with Gasteiger partial charge in [0, 0.05) is 36.2 Å². The lowest BCUT2D eigenvalue weighted by atomic mass is 10.0. The van der Waals surface area contributed by atoms with Crippen molar-refractivity contribution in [2.45, 2.75) is 44.2 Å². The van der Waals surface area contributed by atoms with Crippen molar-refractivity contribution in [1.82, 2.24) is 25.1 Å². The van der Waals surface area contributed by atoms with Crippen LogP contribution >= 0.6 is 0 Å². The molecule has 3 aromatic rings. The summed E-state index contributed by atoms with van der Waals surface area (Å²) in [4.78, 5) is 16.9. The van der Waals surface area contributed by atoms with Crippen LogP contribution in [0.5, 0.6) is 17.5 Å². The Kier molecular flexibility index (Phi) is 6.57. The summed E-state index contributed by atoms with van der Waals surface area (Å²) in [6.45, 7) is 2.03. The summed E-state index contributed by atoms with van der Waals surface area (Å²) >= 11 is 0. The van der Waals surface area contributed by atoms with Gasteiger partial charge in [0.05, 0.1) is 38.2 Å². The summed E-state index contributed by atoms with van der Waals surface area (Å²) in [5.74, 6) is 1.44. The van der Waals surface area contributed by atoms with Crippen molar-refractivity contribution >= 4 is 11.0 Å². The zero-order chi connectivity index (χ0) is 23.5. The van der Waals surface area contributed by atoms with Crippen molar-refractivity contribution in [2.24, 2.45) is 0 Å². The summed E-state index contributed by atoms with van der Waals surface area (Å²) in [7, 11) is 1.52. The van der Waals surface area contributed by atoms with E-state index < -0.39 is 6.10 Å². The van der Waals surface area contributed by atoms with Gasteiger partial charge in [0.2, 0.25) is 5.88 Å². The normalized spacial score (nSPS) is 20.8. The van der Waals surface area contributed by atoms with E-state index in [9.17, 15) is 9.90 Å². The van der Waals surface area contributed by atoms with E-state index in [2.05, 4.69) is 20.5 Å². The molecule has 2 N–H and O–H groups in total. The lowest BCUT2D eigenvalue weighted by molar-refractivity contribution is -0.0771. The minimum Gasteiger partial charge on any atom is -0.484 e. The monoisotopic (exact) mass is 469 g/mol. The van der Waals surface area contributed by atoms with E-state index in [0.29, 0.717) is 55.9 Å². The average Bonchev–Trinajstić information content (AvgIpc) is 2.89. The molecule has 3 aromatic heterocycles. The molecule has 0 aliphatic carbocycles. The molecule has 0 spiro atoms. The number of aromatic nitrogens is 4. The number of aliphatic hydroxyl groups excluding tert-OH is 1. The molecule has 5 rings (SSSR count). The van der Waals surface area contributed by atoms with Gasteiger partial charge in [-0.25, -0.2) is 0 Å². The standard InChI is InChI=1S/C23H27N5O6/c1-31-20-6-2-14-3-7-21(30)28(22(14)25-20)12-17(29)18-5-4-15(13-34-18)24-11-16-10-19-23(27-26-16)33-9-8-32-19/h2-3,6-7,10,15,17-18,24,29H,4-5,8-9,11-13H2,1H3/t15-,17?,18+/m1/s1. The Hall–Kier alpha value is -3.28. The number of hydrogen-bond acceptors (Lipinski definition) is 10. The van der Waals surface area contributed by atoms with Gasteiger partial charge in [0.15, 0.2) is 5.75 Å². The Balaban J connectivity index is 1.17. The lowest BCUT2D eigenvalue weighted by Crippen LogP contribution is -2.45. The van der Waals surface area contributed by atoms with Gasteiger partial charge < -0.3 is 29.4 Å². The van der Waals surface area contributed by atoms with E-state index >= 15 is 0 Å². The number of hydrogen-bond donors (Lipinski definition) is 2. The molecule has 5 heterocycles. The number of nitrogens with one attached hydrogen (secondary N) is 1. The molecule has 180 valence electrons. The van der Waals surface area contributed by atoms with Crippen LogP contribution in [0.3, 0.4) is 0 Å². The van der Waals surface area contributed by atoms with Crippen LogP contribution in [0.2, 0.25) is 0 Å². The van der Waals surface area contributed by atoms with Crippen molar-refractivity contribution < 1.29 is 24.1 Å². The van der Waals surface area contributed by atoms with Crippen molar-refractivity contribution in [2.75, 3.05) is 26.9 Å². The molecule has 11 heteroatoms. The maximum Gasteiger partial charge on any atom is 0.276 e. The van der Waals surface area contributed by atoms with E-state index in [1.54, 1.807) is 12.1 Å². The molecule has 1 fully saturated rings. The van der Waals surface area contributed by atoms with Crippen molar-refractivity contribution in [1.29, 1.82) is 0 Å². The zero-order valence-corrected chi connectivity index (χ0v) is 18.8. The van der Waals surface area contributed by atoms with Crippen LogP contribution in [0.25, 0.3) is 11.0 Å². The van der Waals surface area contributed by atoms with Crippen molar-refractivity contribution in [3.8, 4) is 17.5 Å². The quantitative estimate of drug-likeness (QED) is 0.509. The first-order chi connectivity index (χ1) is 16.6. The second kappa shape index (κ2) is 9.92. The second-order valence-electron chi connectivity index (χ2n) is 8.34. The molecule has 11 nitrogen and oxygen atoms in total. The molecule has 0 saturated carbocycles. The molecule has 2 aliphatic heterocycles. The smallest absolute Gasteiger partial charge is 0.276 e. The molecule has 34 heavy (non-hydrogen) atoms. The number of rotatable bonds is 7.